The van der Waals surface area contributed by atoms with Crippen LogP contribution in [0, 0.1) is 0 Å². The first-order chi connectivity index (χ1) is 18.8. The van der Waals surface area contributed by atoms with Crippen LogP contribution in [0.1, 0.15) is 12.0 Å². The summed E-state index contributed by atoms with van der Waals surface area (Å²) in [4.78, 5) is 11.7. The summed E-state index contributed by atoms with van der Waals surface area (Å²) >= 11 is 0. The molecule has 0 aliphatic carbocycles. The molecule has 186 valence electrons. The minimum atomic E-state index is 0.667. The SMILES string of the molecule is c1cc(-c2c(-c3ccncc3)nn3c(-c4ccc(CN5C[C@@H]6CC5CN6)cc4)ccnc23)c2cn[nH]c2c1. The standard InChI is InChI=1S/C30H26N8/c1-2-24(25-16-34-35-26(25)3-1)28-29(21-8-11-31-12-9-21)36-38-27(10-13-32-30(28)38)20-6-4-19(5-7-20)17-37-18-22-14-23(37)15-33-22/h1-13,16,22-23,33H,14-15,17-18H2,(H,34,35)/t22-,23?/m0/s1. The zero-order valence-corrected chi connectivity index (χ0v) is 20.7. The van der Waals surface area contributed by atoms with Gasteiger partial charge in [-0.3, -0.25) is 15.0 Å². The fourth-order valence-electron chi connectivity index (χ4n) is 6.17. The summed E-state index contributed by atoms with van der Waals surface area (Å²) in [7, 11) is 0. The molecule has 1 unspecified atom stereocenters. The van der Waals surface area contributed by atoms with E-state index in [9.17, 15) is 0 Å². The van der Waals surface area contributed by atoms with E-state index in [1.165, 1.54) is 12.0 Å². The Hall–Kier alpha value is -4.40. The van der Waals surface area contributed by atoms with Crippen molar-refractivity contribution in [2.75, 3.05) is 13.1 Å². The van der Waals surface area contributed by atoms with E-state index in [0.29, 0.717) is 12.1 Å². The van der Waals surface area contributed by atoms with E-state index < -0.39 is 0 Å². The Kier molecular flexibility index (Phi) is 4.89. The molecule has 2 aliphatic rings. The summed E-state index contributed by atoms with van der Waals surface area (Å²) in [6.07, 6.45) is 8.63. The van der Waals surface area contributed by atoms with E-state index in [0.717, 1.165) is 69.8 Å². The number of hydrogen-bond acceptors (Lipinski definition) is 6. The number of likely N-dealkylation sites (tertiary alicyclic amines) is 1. The second-order valence-electron chi connectivity index (χ2n) is 10.3. The van der Waals surface area contributed by atoms with Gasteiger partial charge >= 0.3 is 0 Å². The molecule has 8 heteroatoms. The fraction of sp³-hybridized carbons (Fsp3) is 0.200. The van der Waals surface area contributed by atoms with Crippen molar-refractivity contribution in [3.05, 3.63) is 91.0 Å². The number of nitrogens with one attached hydrogen (secondary N) is 2. The highest BCUT2D eigenvalue weighted by atomic mass is 15.3. The van der Waals surface area contributed by atoms with Crippen molar-refractivity contribution < 1.29 is 0 Å². The predicted octanol–water partition coefficient (Wildman–Crippen LogP) is 4.55. The first kappa shape index (κ1) is 21.7. The van der Waals surface area contributed by atoms with Crippen molar-refractivity contribution in [1.29, 1.82) is 0 Å². The zero-order valence-electron chi connectivity index (χ0n) is 20.7. The number of fused-ring (bicyclic) bond motifs is 4. The first-order valence-corrected chi connectivity index (χ1v) is 13.1. The first-order valence-electron chi connectivity index (χ1n) is 13.1. The Morgan fingerprint density at radius 3 is 2.63 bits per heavy atom. The summed E-state index contributed by atoms with van der Waals surface area (Å²) in [5.41, 5.74) is 9.16. The normalized spacial score (nSPS) is 19.2. The molecule has 2 N–H and O–H groups in total. The maximum absolute atomic E-state index is 5.14. The van der Waals surface area contributed by atoms with Crippen LogP contribution in [-0.4, -0.2) is 59.9 Å². The van der Waals surface area contributed by atoms with Crippen LogP contribution in [-0.2, 0) is 6.54 Å². The monoisotopic (exact) mass is 498 g/mol. The summed E-state index contributed by atoms with van der Waals surface area (Å²) in [5.74, 6) is 0. The topological polar surface area (TPSA) is 87.0 Å². The average Bonchev–Trinajstić information content (AvgIpc) is 3.77. The third-order valence-electron chi connectivity index (χ3n) is 8.03. The molecule has 0 spiro atoms. The lowest BCUT2D eigenvalue weighted by atomic mass is 9.99. The van der Waals surface area contributed by atoms with Crippen molar-refractivity contribution in [2.24, 2.45) is 0 Å². The van der Waals surface area contributed by atoms with Crippen LogP contribution in [0.25, 0.3) is 50.2 Å². The number of H-pyrrole nitrogens is 1. The van der Waals surface area contributed by atoms with Crippen LogP contribution >= 0.6 is 0 Å². The summed E-state index contributed by atoms with van der Waals surface area (Å²) < 4.78 is 1.98. The van der Waals surface area contributed by atoms with Gasteiger partial charge in [-0.2, -0.15) is 10.2 Å². The van der Waals surface area contributed by atoms with Gasteiger partial charge in [0.15, 0.2) is 5.65 Å². The number of pyridine rings is 1. The fourth-order valence-corrected chi connectivity index (χ4v) is 6.17. The molecule has 0 amide bonds. The predicted molar refractivity (Wildman–Crippen MR) is 147 cm³/mol. The zero-order chi connectivity index (χ0) is 25.1. The van der Waals surface area contributed by atoms with E-state index in [-0.39, 0.29) is 0 Å². The Balaban J connectivity index is 1.25. The van der Waals surface area contributed by atoms with Crippen molar-refractivity contribution in [3.8, 4) is 33.6 Å². The highest BCUT2D eigenvalue weighted by Gasteiger charge is 2.37. The van der Waals surface area contributed by atoms with Gasteiger partial charge in [0.25, 0.3) is 0 Å². The molecule has 2 atom stereocenters. The molecule has 0 saturated carbocycles. The largest absolute Gasteiger partial charge is 0.311 e. The highest BCUT2D eigenvalue weighted by molar-refractivity contribution is 6.02. The van der Waals surface area contributed by atoms with Crippen LogP contribution in [0.2, 0.25) is 0 Å². The van der Waals surface area contributed by atoms with E-state index in [4.69, 9.17) is 10.1 Å². The molecule has 2 aliphatic heterocycles. The van der Waals surface area contributed by atoms with Gasteiger partial charge in [-0.25, -0.2) is 9.50 Å². The van der Waals surface area contributed by atoms with Gasteiger partial charge in [0.05, 0.1) is 23.0 Å². The van der Waals surface area contributed by atoms with E-state index in [1.54, 1.807) is 12.4 Å². The Morgan fingerprint density at radius 1 is 0.921 bits per heavy atom. The van der Waals surface area contributed by atoms with Gasteiger partial charge in [0, 0.05) is 66.8 Å². The van der Waals surface area contributed by atoms with Crippen LogP contribution in [0.5, 0.6) is 0 Å². The number of aromatic nitrogens is 6. The minimum Gasteiger partial charge on any atom is -0.311 e. The third kappa shape index (κ3) is 3.45. The summed E-state index contributed by atoms with van der Waals surface area (Å²) in [5, 5.41) is 17.2. The lowest BCUT2D eigenvalue weighted by Gasteiger charge is -2.27. The van der Waals surface area contributed by atoms with Crippen molar-refractivity contribution >= 4 is 16.6 Å². The third-order valence-corrected chi connectivity index (χ3v) is 8.03. The Bertz CT molecular complexity index is 1770. The second-order valence-corrected chi connectivity index (χ2v) is 10.3. The molecule has 4 aromatic heterocycles. The van der Waals surface area contributed by atoms with Gasteiger partial charge in [-0.05, 0) is 41.8 Å². The molecule has 2 aromatic carbocycles. The maximum Gasteiger partial charge on any atom is 0.164 e. The van der Waals surface area contributed by atoms with Crippen molar-refractivity contribution in [1.82, 2.24) is 40.0 Å². The molecule has 8 rings (SSSR count). The lowest BCUT2D eigenvalue weighted by molar-refractivity contribution is 0.218. The van der Waals surface area contributed by atoms with Crippen molar-refractivity contribution in [3.63, 3.8) is 0 Å². The van der Waals surface area contributed by atoms with Crippen LogP contribution in [0.15, 0.2) is 85.5 Å². The van der Waals surface area contributed by atoms with Gasteiger partial charge in [0.2, 0.25) is 0 Å². The molecule has 8 nitrogen and oxygen atoms in total. The van der Waals surface area contributed by atoms with E-state index in [2.05, 4.69) is 55.7 Å². The summed E-state index contributed by atoms with van der Waals surface area (Å²) in [6, 6.07) is 22.5. The molecule has 6 heterocycles. The van der Waals surface area contributed by atoms with Crippen LogP contribution in [0.3, 0.4) is 0 Å². The molecule has 6 aromatic rings. The van der Waals surface area contributed by atoms with Crippen molar-refractivity contribution in [2.45, 2.75) is 25.0 Å². The van der Waals surface area contributed by atoms with Gasteiger partial charge in [-0.1, -0.05) is 36.4 Å². The quantitative estimate of drug-likeness (QED) is 0.363. The lowest BCUT2D eigenvalue weighted by Crippen LogP contribution is -2.42. The number of aromatic amines is 1. The number of benzene rings is 2. The highest BCUT2D eigenvalue weighted by Crippen LogP contribution is 2.39. The molecule has 0 radical (unpaired) electrons. The van der Waals surface area contributed by atoms with Crippen LogP contribution < -0.4 is 5.32 Å². The smallest absolute Gasteiger partial charge is 0.164 e. The Labute approximate surface area is 219 Å². The molecule has 2 bridgehead atoms. The van der Waals surface area contributed by atoms with Gasteiger partial charge < -0.3 is 5.32 Å². The molecular formula is C30H26N8. The minimum absolute atomic E-state index is 0.667. The number of piperazine rings is 1. The molecular weight excluding hydrogens is 472 g/mol. The maximum atomic E-state index is 5.14. The van der Waals surface area contributed by atoms with E-state index >= 15 is 0 Å². The van der Waals surface area contributed by atoms with Gasteiger partial charge in [0.1, 0.15) is 5.69 Å². The number of rotatable bonds is 5. The number of hydrogen-bond donors (Lipinski definition) is 2. The summed E-state index contributed by atoms with van der Waals surface area (Å²) in [6.45, 7) is 3.27. The molecule has 2 fully saturated rings. The van der Waals surface area contributed by atoms with Crippen LogP contribution in [0.4, 0.5) is 0 Å². The average molecular weight is 499 g/mol. The van der Waals surface area contributed by atoms with E-state index in [1.807, 2.05) is 47.2 Å². The second kappa shape index (κ2) is 8.58. The van der Waals surface area contributed by atoms with Gasteiger partial charge in [-0.15, -0.1) is 0 Å². The molecule has 2 saturated heterocycles. The number of nitrogens with zero attached hydrogens (tertiary/aromatic N) is 6. The molecule has 38 heavy (non-hydrogen) atoms. The Morgan fingerprint density at radius 2 is 1.82 bits per heavy atom.